The van der Waals surface area contributed by atoms with Crippen molar-refractivity contribution in [1.29, 1.82) is 0 Å². The minimum atomic E-state index is -1.83. The average molecular weight is 418 g/mol. The van der Waals surface area contributed by atoms with Crippen LogP contribution in [0.4, 0.5) is 0 Å². The van der Waals surface area contributed by atoms with Crippen LogP contribution in [-0.4, -0.2) is 27.3 Å². The zero-order valence-corrected chi connectivity index (χ0v) is 17.6. The second-order valence-corrected chi connectivity index (χ2v) is 8.06. The summed E-state index contributed by atoms with van der Waals surface area (Å²) in [5.74, 6) is -2.24. The monoisotopic (exact) mass is 418 g/mol. The van der Waals surface area contributed by atoms with Crippen molar-refractivity contribution in [2.45, 2.75) is 33.3 Å². The van der Waals surface area contributed by atoms with Gasteiger partial charge in [-0.25, -0.2) is 9.59 Å². The van der Waals surface area contributed by atoms with Gasteiger partial charge in [0, 0.05) is 16.7 Å². The molecule has 0 radical (unpaired) electrons. The molecule has 1 aliphatic rings. The van der Waals surface area contributed by atoms with Gasteiger partial charge in [0.1, 0.15) is 11.5 Å². The number of carboxylic acids is 1. The third-order valence-electron chi connectivity index (χ3n) is 5.76. The number of carbonyl (C=O) groups is 2. The molecule has 0 unspecified atom stereocenters. The van der Waals surface area contributed by atoms with E-state index in [1.54, 1.807) is 38.1 Å². The van der Waals surface area contributed by atoms with E-state index in [4.69, 9.17) is 4.74 Å². The smallest absolute Gasteiger partial charge is 0.340 e. The van der Waals surface area contributed by atoms with E-state index in [2.05, 4.69) is 0 Å². The standard InChI is InChI=1S/C25H22O6/c1-12-8-14(3)21(26)18(10-12)25(19-11-13(2)9-15(4)22(19)27)20-16(23(28)29)6-5-7-17(20)24(30)31-25/h5-11,26-27H,1-4H3,(H,28,29). The molecule has 6 nitrogen and oxygen atoms in total. The SMILES string of the molecule is Cc1cc(C)c(O)c(C2(c3cc(C)cc(C)c3O)OC(=O)c3cccc(C(=O)O)c32)c1. The quantitative estimate of drug-likeness (QED) is 0.542. The summed E-state index contributed by atoms with van der Waals surface area (Å²) in [6.45, 7) is 7.07. The molecule has 4 rings (SSSR count). The van der Waals surface area contributed by atoms with Crippen LogP contribution in [0.3, 0.4) is 0 Å². The van der Waals surface area contributed by atoms with E-state index in [1.165, 1.54) is 18.2 Å². The number of phenols is 2. The predicted octanol–water partition coefficient (Wildman–Crippen LogP) is 4.49. The lowest BCUT2D eigenvalue weighted by Gasteiger charge is -2.33. The maximum Gasteiger partial charge on any atom is 0.340 e. The van der Waals surface area contributed by atoms with Gasteiger partial charge in [0.15, 0.2) is 5.60 Å². The van der Waals surface area contributed by atoms with Crippen LogP contribution in [-0.2, 0) is 10.3 Å². The van der Waals surface area contributed by atoms with Crippen LogP contribution >= 0.6 is 0 Å². The first kappa shape index (κ1) is 20.5. The van der Waals surface area contributed by atoms with Crippen molar-refractivity contribution in [2.24, 2.45) is 0 Å². The topological polar surface area (TPSA) is 104 Å². The molecule has 0 fully saturated rings. The molecular weight excluding hydrogens is 396 g/mol. The highest BCUT2D eigenvalue weighted by Crippen LogP contribution is 2.54. The molecular formula is C25H22O6. The van der Waals surface area contributed by atoms with E-state index in [9.17, 15) is 24.9 Å². The Bertz CT molecular complexity index is 1210. The molecule has 3 aromatic carbocycles. The lowest BCUT2D eigenvalue weighted by atomic mass is 9.75. The molecule has 3 N–H and O–H groups in total. The minimum Gasteiger partial charge on any atom is -0.507 e. The van der Waals surface area contributed by atoms with Crippen LogP contribution in [0, 0.1) is 27.7 Å². The zero-order chi connectivity index (χ0) is 22.7. The Morgan fingerprint density at radius 1 is 0.871 bits per heavy atom. The van der Waals surface area contributed by atoms with Gasteiger partial charge < -0.3 is 20.1 Å². The van der Waals surface area contributed by atoms with Crippen molar-refractivity contribution < 1.29 is 29.6 Å². The van der Waals surface area contributed by atoms with Gasteiger partial charge in [0.2, 0.25) is 0 Å². The van der Waals surface area contributed by atoms with Crippen LogP contribution in [0.1, 0.15) is 59.7 Å². The summed E-state index contributed by atoms with van der Waals surface area (Å²) in [6, 6.07) is 11.2. The molecule has 0 amide bonds. The van der Waals surface area contributed by atoms with E-state index in [0.717, 1.165) is 11.1 Å². The fourth-order valence-electron chi connectivity index (χ4n) is 4.51. The number of esters is 1. The molecule has 0 saturated carbocycles. The van der Waals surface area contributed by atoms with E-state index < -0.39 is 17.5 Å². The lowest BCUT2D eigenvalue weighted by Crippen LogP contribution is -2.32. The first-order valence-electron chi connectivity index (χ1n) is 9.79. The van der Waals surface area contributed by atoms with Gasteiger partial charge in [-0.2, -0.15) is 0 Å². The molecule has 0 atom stereocenters. The zero-order valence-electron chi connectivity index (χ0n) is 17.6. The highest BCUT2D eigenvalue weighted by molar-refractivity contribution is 6.02. The van der Waals surface area contributed by atoms with E-state index in [-0.39, 0.29) is 39.3 Å². The van der Waals surface area contributed by atoms with Gasteiger partial charge in [-0.3, -0.25) is 0 Å². The molecule has 0 aromatic heterocycles. The number of aryl methyl sites for hydroxylation is 4. The number of hydrogen-bond donors (Lipinski definition) is 3. The Morgan fingerprint density at radius 2 is 1.39 bits per heavy atom. The minimum absolute atomic E-state index is 0.0806. The van der Waals surface area contributed by atoms with Crippen molar-refractivity contribution in [3.05, 3.63) is 92.5 Å². The second kappa shape index (κ2) is 6.87. The van der Waals surface area contributed by atoms with Gasteiger partial charge in [-0.05, 0) is 63.1 Å². The number of rotatable bonds is 3. The number of carbonyl (C=O) groups excluding carboxylic acids is 1. The van der Waals surface area contributed by atoms with Gasteiger partial charge in [0.25, 0.3) is 0 Å². The summed E-state index contributed by atoms with van der Waals surface area (Å²) >= 11 is 0. The normalized spacial score (nSPS) is 14.3. The van der Waals surface area contributed by atoms with Crippen LogP contribution in [0.25, 0.3) is 0 Å². The van der Waals surface area contributed by atoms with Crippen LogP contribution in [0.5, 0.6) is 11.5 Å². The Labute approximate surface area is 179 Å². The number of hydrogen-bond acceptors (Lipinski definition) is 5. The maximum absolute atomic E-state index is 13.0. The Balaban J connectivity index is 2.27. The van der Waals surface area contributed by atoms with Crippen LogP contribution in [0.2, 0.25) is 0 Å². The van der Waals surface area contributed by atoms with Crippen LogP contribution < -0.4 is 0 Å². The summed E-state index contributed by atoms with van der Waals surface area (Å²) in [6.07, 6.45) is 0. The summed E-state index contributed by atoms with van der Waals surface area (Å²) in [5.41, 5.74) is 1.24. The molecule has 6 heteroatoms. The van der Waals surface area contributed by atoms with Gasteiger partial charge in [0.05, 0.1) is 11.1 Å². The van der Waals surface area contributed by atoms with E-state index in [0.29, 0.717) is 11.1 Å². The van der Waals surface area contributed by atoms with Gasteiger partial charge in [-0.1, -0.05) is 29.3 Å². The number of aromatic carboxylic acids is 1. The number of carboxylic acid groups (broad SMARTS) is 1. The largest absolute Gasteiger partial charge is 0.507 e. The lowest BCUT2D eigenvalue weighted by molar-refractivity contribution is 0.0233. The molecule has 1 aliphatic heterocycles. The maximum atomic E-state index is 13.0. The Morgan fingerprint density at radius 3 is 1.87 bits per heavy atom. The number of fused-ring (bicyclic) bond motifs is 1. The summed E-state index contributed by atoms with van der Waals surface area (Å²) in [4.78, 5) is 25.1. The van der Waals surface area contributed by atoms with Gasteiger partial charge in [-0.15, -0.1) is 0 Å². The Hall–Kier alpha value is -3.80. The molecule has 158 valence electrons. The first-order chi connectivity index (χ1) is 14.6. The average Bonchev–Trinajstić information content (AvgIpc) is 3.01. The molecule has 0 aliphatic carbocycles. The molecule has 0 spiro atoms. The molecule has 0 saturated heterocycles. The van der Waals surface area contributed by atoms with Crippen molar-refractivity contribution in [3.63, 3.8) is 0 Å². The summed E-state index contributed by atoms with van der Waals surface area (Å²) < 4.78 is 5.94. The number of cyclic esters (lactones) is 1. The number of aromatic hydroxyl groups is 2. The number of benzene rings is 3. The third-order valence-corrected chi connectivity index (χ3v) is 5.76. The Kier molecular flexibility index (Phi) is 4.54. The molecule has 3 aromatic rings. The highest BCUT2D eigenvalue weighted by Gasteiger charge is 2.54. The van der Waals surface area contributed by atoms with Crippen LogP contribution in [0.15, 0.2) is 42.5 Å². The van der Waals surface area contributed by atoms with Crippen molar-refractivity contribution >= 4 is 11.9 Å². The predicted molar refractivity (Wildman–Crippen MR) is 114 cm³/mol. The first-order valence-corrected chi connectivity index (χ1v) is 9.79. The second-order valence-electron chi connectivity index (χ2n) is 8.06. The number of ether oxygens (including phenoxy) is 1. The van der Waals surface area contributed by atoms with E-state index in [1.807, 2.05) is 13.8 Å². The van der Waals surface area contributed by atoms with Crippen molar-refractivity contribution in [2.75, 3.05) is 0 Å². The summed E-state index contributed by atoms with van der Waals surface area (Å²) in [7, 11) is 0. The van der Waals surface area contributed by atoms with Crippen molar-refractivity contribution in [3.8, 4) is 11.5 Å². The van der Waals surface area contributed by atoms with Gasteiger partial charge >= 0.3 is 11.9 Å². The molecule has 31 heavy (non-hydrogen) atoms. The molecule has 0 bridgehead atoms. The molecule has 1 heterocycles. The third kappa shape index (κ3) is 2.86. The number of phenolic OH excluding ortho intramolecular Hbond substituents is 2. The van der Waals surface area contributed by atoms with E-state index >= 15 is 0 Å². The highest BCUT2D eigenvalue weighted by atomic mass is 16.6. The fourth-order valence-corrected chi connectivity index (χ4v) is 4.51. The van der Waals surface area contributed by atoms with Crippen molar-refractivity contribution in [1.82, 2.24) is 0 Å². The summed E-state index contributed by atoms with van der Waals surface area (Å²) in [5, 5.41) is 32.0. The fraction of sp³-hybridized carbons (Fsp3) is 0.200.